The molecule has 1 N–H and O–H groups in total. The Morgan fingerprint density at radius 3 is 2.28 bits per heavy atom. The van der Waals surface area contributed by atoms with E-state index in [0.29, 0.717) is 11.3 Å². The van der Waals surface area contributed by atoms with Crippen LogP contribution in [0.2, 0.25) is 0 Å². The molecule has 1 aliphatic rings. The number of aromatic nitrogens is 1. The molecule has 29 heavy (non-hydrogen) atoms. The van der Waals surface area contributed by atoms with E-state index in [1.54, 1.807) is 0 Å². The molecule has 8 heteroatoms. The van der Waals surface area contributed by atoms with Crippen molar-refractivity contribution >= 4 is 43.2 Å². The van der Waals surface area contributed by atoms with Gasteiger partial charge in [0.25, 0.3) is 0 Å². The minimum absolute atomic E-state index is 0.257. The molecule has 2 aromatic rings. The Bertz CT molecular complexity index is 885. The summed E-state index contributed by atoms with van der Waals surface area (Å²) in [7, 11) is 0. The molecule has 0 aliphatic heterocycles. The lowest BCUT2D eigenvalue weighted by atomic mass is 9.91. The van der Waals surface area contributed by atoms with Gasteiger partial charge in [0.1, 0.15) is 21.0 Å². The second-order valence-electron chi connectivity index (χ2n) is 8.30. The van der Waals surface area contributed by atoms with Crippen LogP contribution in [0.4, 0.5) is 8.78 Å². The molecule has 3 rings (SSSR count). The number of nitrogens with zero attached hydrogens (tertiary/aromatic N) is 1. The van der Waals surface area contributed by atoms with E-state index in [2.05, 4.69) is 36.6 Å². The predicted molar refractivity (Wildman–Crippen MR) is 120 cm³/mol. The van der Waals surface area contributed by atoms with Crippen LogP contribution in [0.3, 0.4) is 0 Å². The molecule has 2 atom stereocenters. The van der Waals surface area contributed by atoms with Crippen LogP contribution in [0.15, 0.2) is 27.3 Å². The summed E-state index contributed by atoms with van der Waals surface area (Å²) in [6.45, 7) is 5.63. The highest BCUT2D eigenvalue weighted by atomic mass is 79.9. The Morgan fingerprint density at radius 2 is 1.69 bits per heavy atom. The predicted octanol–water partition coefficient (Wildman–Crippen LogP) is 6.10. The third-order valence-corrected chi connectivity index (χ3v) is 8.07. The first-order chi connectivity index (χ1) is 13.6. The molecular weight excluding hydrogens is 526 g/mol. The molecule has 0 saturated carbocycles. The van der Waals surface area contributed by atoms with Gasteiger partial charge in [-0.3, -0.25) is 0 Å². The molecule has 0 bridgehead atoms. The maximum Gasteiger partial charge on any atom is 0.136 e. The third-order valence-electron chi connectivity index (χ3n) is 4.92. The van der Waals surface area contributed by atoms with E-state index in [0.717, 1.165) is 40.8 Å². The van der Waals surface area contributed by atoms with Gasteiger partial charge >= 0.3 is 0 Å². The van der Waals surface area contributed by atoms with Crippen LogP contribution < -0.4 is 4.72 Å². The highest BCUT2D eigenvalue weighted by Crippen LogP contribution is 2.37. The first-order valence-electron chi connectivity index (χ1n) is 9.56. The third kappa shape index (κ3) is 5.58. The molecule has 0 spiro atoms. The smallest absolute Gasteiger partial charge is 0.136 e. The fraction of sp³-hybridized carbons (Fsp3) is 0.476. The largest absolute Gasteiger partial charge is 0.598 e. The Kier molecular flexibility index (Phi) is 7.42. The summed E-state index contributed by atoms with van der Waals surface area (Å²) < 4.78 is 44.7. The van der Waals surface area contributed by atoms with E-state index in [4.69, 9.17) is 4.98 Å². The lowest BCUT2D eigenvalue weighted by Gasteiger charge is -2.29. The number of pyridine rings is 1. The van der Waals surface area contributed by atoms with Crippen molar-refractivity contribution in [3.05, 3.63) is 61.3 Å². The monoisotopic (exact) mass is 548 g/mol. The van der Waals surface area contributed by atoms with Gasteiger partial charge in [0.15, 0.2) is 0 Å². The van der Waals surface area contributed by atoms with Crippen molar-refractivity contribution in [3.63, 3.8) is 0 Å². The van der Waals surface area contributed by atoms with E-state index >= 15 is 0 Å². The standard InChI is InChI=1S/C21H24Br2F2N2OS/c1-21(2,3)29(28)27-17(10-12-8-13(24)11-14(25)9-12)19-18(22)15-6-4-5-7-16(15)20(23)26-19/h8-9,11,17,27H,4-7,10H2,1-3H3/t17-,29?/m0/s1. The number of hydrogen-bond donors (Lipinski definition) is 1. The van der Waals surface area contributed by atoms with Crippen molar-refractivity contribution in [2.45, 2.75) is 63.7 Å². The molecule has 158 valence electrons. The first kappa shape index (κ1) is 23.1. The second kappa shape index (κ2) is 9.30. The summed E-state index contributed by atoms with van der Waals surface area (Å²) in [6.07, 6.45) is 4.38. The summed E-state index contributed by atoms with van der Waals surface area (Å²) in [4.78, 5) is 4.75. The summed E-state index contributed by atoms with van der Waals surface area (Å²) in [5, 5.41) is 0. The minimum Gasteiger partial charge on any atom is -0.598 e. The molecule has 0 amide bonds. The van der Waals surface area contributed by atoms with Crippen LogP contribution in [-0.4, -0.2) is 14.3 Å². The van der Waals surface area contributed by atoms with Gasteiger partial charge in [-0.2, -0.15) is 0 Å². The summed E-state index contributed by atoms with van der Waals surface area (Å²) >= 11 is 5.93. The van der Waals surface area contributed by atoms with Crippen LogP contribution in [0.1, 0.15) is 62.0 Å². The quantitative estimate of drug-likeness (QED) is 0.362. The summed E-state index contributed by atoms with van der Waals surface area (Å²) in [5.74, 6) is -1.26. The van der Waals surface area contributed by atoms with Gasteiger partial charge in [-0.05, 0) is 114 Å². The molecule has 1 heterocycles. The van der Waals surface area contributed by atoms with Crippen LogP contribution in [0.25, 0.3) is 0 Å². The van der Waals surface area contributed by atoms with Crippen molar-refractivity contribution in [2.24, 2.45) is 0 Å². The van der Waals surface area contributed by atoms with Crippen LogP contribution in [0, 0.1) is 11.6 Å². The topological polar surface area (TPSA) is 48.0 Å². The van der Waals surface area contributed by atoms with Crippen molar-refractivity contribution in [3.8, 4) is 0 Å². The van der Waals surface area contributed by atoms with E-state index in [1.165, 1.54) is 23.3 Å². The van der Waals surface area contributed by atoms with Gasteiger partial charge < -0.3 is 4.55 Å². The first-order valence-corrected chi connectivity index (χ1v) is 12.3. The molecule has 1 unspecified atom stereocenters. The number of rotatable bonds is 5. The Morgan fingerprint density at radius 1 is 1.10 bits per heavy atom. The molecule has 0 radical (unpaired) electrons. The zero-order valence-corrected chi connectivity index (χ0v) is 20.6. The number of hydrogen-bond acceptors (Lipinski definition) is 3. The molecule has 1 aliphatic carbocycles. The average Bonchev–Trinajstić information content (AvgIpc) is 2.62. The molecule has 1 aromatic heterocycles. The zero-order chi connectivity index (χ0) is 21.3. The van der Waals surface area contributed by atoms with Gasteiger partial charge in [-0.15, -0.1) is 4.72 Å². The number of fused-ring (bicyclic) bond motifs is 1. The molecule has 3 nitrogen and oxygen atoms in total. The molecule has 1 aromatic carbocycles. The zero-order valence-electron chi connectivity index (χ0n) is 16.6. The maximum atomic E-state index is 13.7. The second-order valence-corrected chi connectivity index (χ2v) is 11.8. The Labute approximate surface area is 190 Å². The molecule has 0 saturated heterocycles. The molecular formula is C21H24Br2F2N2OS. The Balaban J connectivity index is 2.04. The van der Waals surface area contributed by atoms with Gasteiger partial charge in [0.2, 0.25) is 0 Å². The van der Waals surface area contributed by atoms with E-state index < -0.39 is 33.8 Å². The average molecular weight is 550 g/mol. The van der Waals surface area contributed by atoms with Gasteiger partial charge in [0, 0.05) is 21.9 Å². The lowest BCUT2D eigenvalue weighted by molar-refractivity contribution is 0.515. The van der Waals surface area contributed by atoms with Crippen LogP contribution in [-0.2, 0) is 30.6 Å². The van der Waals surface area contributed by atoms with E-state index in [9.17, 15) is 13.3 Å². The van der Waals surface area contributed by atoms with Crippen LogP contribution in [0.5, 0.6) is 0 Å². The van der Waals surface area contributed by atoms with E-state index in [1.807, 2.05) is 20.8 Å². The van der Waals surface area contributed by atoms with Crippen molar-refractivity contribution in [2.75, 3.05) is 0 Å². The van der Waals surface area contributed by atoms with Crippen molar-refractivity contribution in [1.29, 1.82) is 0 Å². The van der Waals surface area contributed by atoms with Crippen molar-refractivity contribution in [1.82, 2.24) is 9.71 Å². The van der Waals surface area contributed by atoms with Crippen molar-refractivity contribution < 1.29 is 13.3 Å². The summed E-state index contributed by atoms with van der Waals surface area (Å²) in [6, 6.07) is 2.98. The highest BCUT2D eigenvalue weighted by Gasteiger charge is 2.33. The minimum atomic E-state index is -1.38. The van der Waals surface area contributed by atoms with Gasteiger partial charge in [0.05, 0.1) is 11.7 Å². The Hall–Kier alpha value is -0.540. The number of nitrogens with one attached hydrogen (secondary N) is 1. The molecule has 0 fully saturated rings. The number of halogens is 4. The van der Waals surface area contributed by atoms with Gasteiger partial charge in [-0.1, -0.05) is 0 Å². The SMILES string of the molecule is CC(C)(C)[S+]([O-])N[C@@H](Cc1cc(F)cc(F)c1)c1nc(Br)c2c(c1Br)CCCC2. The lowest BCUT2D eigenvalue weighted by Crippen LogP contribution is -2.42. The van der Waals surface area contributed by atoms with Gasteiger partial charge in [-0.25, -0.2) is 13.8 Å². The fourth-order valence-corrected chi connectivity index (χ4v) is 5.69. The fourth-order valence-electron chi connectivity index (χ4n) is 3.45. The van der Waals surface area contributed by atoms with E-state index in [-0.39, 0.29) is 6.42 Å². The summed E-state index contributed by atoms with van der Waals surface area (Å²) in [5.41, 5.74) is 3.57. The van der Waals surface area contributed by atoms with Crippen LogP contribution >= 0.6 is 31.9 Å². The normalized spacial score (nSPS) is 16.4. The highest BCUT2D eigenvalue weighted by molar-refractivity contribution is 9.11. The number of benzene rings is 1. The maximum absolute atomic E-state index is 13.7.